The fourth-order valence-corrected chi connectivity index (χ4v) is 3.36. The number of benzene rings is 2. The number of carbonyl (C=O) groups excluding carboxylic acids is 1. The average Bonchev–Trinajstić information content (AvgIpc) is 3.07. The third kappa shape index (κ3) is 3.09. The molecule has 2 aromatic carbocycles. The fourth-order valence-electron chi connectivity index (χ4n) is 3.36. The van der Waals surface area contributed by atoms with Gasteiger partial charge in [0.05, 0.1) is 5.52 Å². The second-order valence-electron chi connectivity index (χ2n) is 6.40. The van der Waals surface area contributed by atoms with Crippen molar-refractivity contribution in [1.29, 1.82) is 0 Å². The number of carbonyl (C=O) groups is 1. The van der Waals surface area contributed by atoms with Gasteiger partial charge >= 0.3 is 6.09 Å². The number of nitrogens with zero attached hydrogens (tertiary/aromatic N) is 2. The lowest BCUT2D eigenvalue weighted by molar-refractivity contribution is 0.211. The first-order valence-corrected chi connectivity index (χ1v) is 8.64. The first-order valence-electron chi connectivity index (χ1n) is 8.64. The van der Waals surface area contributed by atoms with E-state index >= 15 is 0 Å². The number of para-hydroxylation sites is 1. The van der Waals surface area contributed by atoms with Crippen LogP contribution in [0.2, 0.25) is 0 Å². The van der Waals surface area contributed by atoms with Crippen molar-refractivity contribution in [3.8, 4) is 17.1 Å². The number of imidazole rings is 1. The van der Waals surface area contributed by atoms with Crippen LogP contribution in [0.5, 0.6) is 5.75 Å². The minimum atomic E-state index is -0.849. The number of H-pyrrole nitrogens is 1. The van der Waals surface area contributed by atoms with E-state index < -0.39 is 6.09 Å². The molecule has 4 N–H and O–H groups in total. The number of hydrogen-bond donors (Lipinski definition) is 3. The average molecular weight is 351 g/mol. The van der Waals surface area contributed by atoms with E-state index in [2.05, 4.69) is 45.3 Å². The summed E-state index contributed by atoms with van der Waals surface area (Å²) < 4.78 is 5.05. The van der Waals surface area contributed by atoms with Crippen LogP contribution in [0.4, 0.5) is 10.5 Å². The number of aromatic nitrogens is 2. The van der Waals surface area contributed by atoms with E-state index in [1.165, 1.54) is 5.69 Å². The van der Waals surface area contributed by atoms with E-state index in [9.17, 15) is 4.79 Å². The van der Waals surface area contributed by atoms with Crippen molar-refractivity contribution in [2.75, 3.05) is 31.1 Å². The second kappa shape index (κ2) is 6.68. The summed E-state index contributed by atoms with van der Waals surface area (Å²) in [6.45, 7) is 6.11. The number of rotatable bonds is 3. The zero-order chi connectivity index (χ0) is 18.1. The molecule has 1 aromatic heterocycles. The highest BCUT2D eigenvalue weighted by atomic mass is 16.5. The van der Waals surface area contributed by atoms with Crippen molar-refractivity contribution in [2.45, 2.75) is 6.92 Å². The maximum atomic E-state index is 11.1. The second-order valence-corrected chi connectivity index (χ2v) is 6.40. The zero-order valence-electron chi connectivity index (χ0n) is 14.6. The Bertz CT molecular complexity index is 960. The Morgan fingerprint density at radius 1 is 1.23 bits per heavy atom. The minimum absolute atomic E-state index is 0.354. The van der Waals surface area contributed by atoms with Gasteiger partial charge in [-0.3, -0.25) is 0 Å². The van der Waals surface area contributed by atoms with Crippen LogP contribution in [0.3, 0.4) is 0 Å². The van der Waals surface area contributed by atoms with Crippen molar-refractivity contribution in [1.82, 2.24) is 15.3 Å². The molecular formula is C19H21N5O2. The Morgan fingerprint density at radius 2 is 2.04 bits per heavy atom. The Kier molecular flexibility index (Phi) is 4.22. The smallest absolute Gasteiger partial charge is 0.408 e. The number of fused-ring (bicyclic) bond motifs is 1. The van der Waals surface area contributed by atoms with Crippen LogP contribution in [0.15, 0.2) is 36.4 Å². The Labute approximate surface area is 151 Å². The number of piperazine rings is 1. The lowest BCUT2D eigenvalue weighted by Gasteiger charge is -2.29. The van der Waals surface area contributed by atoms with Crippen LogP contribution >= 0.6 is 0 Å². The number of amides is 1. The molecule has 1 aliphatic heterocycles. The highest BCUT2D eigenvalue weighted by molar-refractivity contribution is 5.87. The molecule has 0 saturated carbocycles. The molecule has 1 amide bonds. The number of anilines is 1. The summed E-state index contributed by atoms with van der Waals surface area (Å²) in [4.78, 5) is 21.4. The van der Waals surface area contributed by atoms with Gasteiger partial charge in [0.2, 0.25) is 0 Å². The molecule has 4 rings (SSSR count). The zero-order valence-corrected chi connectivity index (χ0v) is 14.6. The van der Waals surface area contributed by atoms with Crippen LogP contribution in [-0.4, -0.2) is 42.2 Å². The number of hydrogen-bond acceptors (Lipinski definition) is 5. The summed E-state index contributed by atoms with van der Waals surface area (Å²) in [6, 6.07) is 11.8. The van der Waals surface area contributed by atoms with E-state index in [1.807, 2.05) is 6.07 Å². The number of nitrogens with one attached hydrogen (secondary N) is 2. The third-order valence-corrected chi connectivity index (χ3v) is 4.63. The molecule has 134 valence electrons. The molecule has 1 aliphatic rings. The maximum Gasteiger partial charge on any atom is 0.410 e. The summed E-state index contributed by atoms with van der Waals surface area (Å²) in [5, 5.41) is 3.37. The van der Waals surface area contributed by atoms with E-state index in [0.29, 0.717) is 11.3 Å². The molecule has 1 saturated heterocycles. The monoisotopic (exact) mass is 351 g/mol. The number of nitrogens with two attached hydrogens (primary N) is 1. The number of ether oxygens (including phenoxy) is 1. The molecule has 0 unspecified atom stereocenters. The Hall–Kier alpha value is -3.06. The van der Waals surface area contributed by atoms with Gasteiger partial charge in [0.1, 0.15) is 11.3 Å². The van der Waals surface area contributed by atoms with Gasteiger partial charge in [0, 0.05) is 37.4 Å². The van der Waals surface area contributed by atoms with Gasteiger partial charge in [-0.1, -0.05) is 6.07 Å². The quantitative estimate of drug-likeness (QED) is 0.673. The van der Waals surface area contributed by atoms with E-state index in [-0.39, 0.29) is 0 Å². The van der Waals surface area contributed by atoms with Crippen LogP contribution in [0.25, 0.3) is 22.4 Å². The Morgan fingerprint density at radius 3 is 2.77 bits per heavy atom. The van der Waals surface area contributed by atoms with Crippen LogP contribution in [0.1, 0.15) is 5.56 Å². The van der Waals surface area contributed by atoms with Crippen LogP contribution < -0.4 is 20.7 Å². The molecule has 7 nitrogen and oxygen atoms in total. The number of aryl methyl sites for hydroxylation is 1. The minimum Gasteiger partial charge on any atom is -0.408 e. The van der Waals surface area contributed by atoms with Crippen molar-refractivity contribution < 1.29 is 9.53 Å². The number of aromatic amines is 1. The summed E-state index contributed by atoms with van der Waals surface area (Å²) >= 11 is 0. The van der Waals surface area contributed by atoms with Gasteiger partial charge in [-0.15, -0.1) is 0 Å². The molecule has 0 atom stereocenters. The number of primary amides is 1. The molecule has 26 heavy (non-hydrogen) atoms. The lowest BCUT2D eigenvalue weighted by atomic mass is 10.1. The standard InChI is InChI=1S/C19H21N5O2/c1-12-11-13(24-9-7-21-8-10-24)5-6-14(12)18-22-15-3-2-4-16(17(15)23-18)26-19(20)25/h2-6,11,21H,7-10H2,1H3,(H2,20,25)(H,22,23). The molecule has 7 heteroatoms. The molecule has 0 aliphatic carbocycles. The molecule has 3 aromatic rings. The van der Waals surface area contributed by atoms with Gasteiger partial charge in [0.15, 0.2) is 5.75 Å². The fraction of sp³-hybridized carbons (Fsp3) is 0.263. The lowest BCUT2D eigenvalue weighted by Crippen LogP contribution is -2.43. The molecule has 0 spiro atoms. The van der Waals surface area contributed by atoms with E-state index in [1.54, 1.807) is 12.1 Å². The van der Waals surface area contributed by atoms with Crippen molar-refractivity contribution in [3.63, 3.8) is 0 Å². The molecule has 0 bridgehead atoms. The molecule has 1 fully saturated rings. The van der Waals surface area contributed by atoms with Crippen molar-refractivity contribution in [3.05, 3.63) is 42.0 Å². The third-order valence-electron chi connectivity index (χ3n) is 4.63. The summed E-state index contributed by atoms with van der Waals surface area (Å²) in [5.74, 6) is 1.09. The Balaban J connectivity index is 1.70. The normalized spacial score (nSPS) is 14.6. The first-order chi connectivity index (χ1) is 12.6. The van der Waals surface area contributed by atoms with Crippen LogP contribution in [0, 0.1) is 6.92 Å². The molecule has 2 heterocycles. The van der Waals surface area contributed by atoms with Gasteiger partial charge in [0.25, 0.3) is 0 Å². The first kappa shape index (κ1) is 16.4. The molecule has 0 radical (unpaired) electrons. The van der Waals surface area contributed by atoms with Gasteiger partial charge in [-0.05, 0) is 42.8 Å². The van der Waals surface area contributed by atoms with Crippen molar-refractivity contribution >= 4 is 22.8 Å². The largest absolute Gasteiger partial charge is 0.410 e. The summed E-state index contributed by atoms with van der Waals surface area (Å²) in [6.07, 6.45) is -0.849. The van der Waals surface area contributed by atoms with Gasteiger partial charge < -0.3 is 25.7 Å². The van der Waals surface area contributed by atoms with Crippen molar-refractivity contribution in [2.24, 2.45) is 5.73 Å². The van der Waals surface area contributed by atoms with E-state index in [0.717, 1.165) is 48.6 Å². The maximum absolute atomic E-state index is 11.1. The SMILES string of the molecule is Cc1cc(N2CCNCC2)ccc1-c1nc2c(OC(N)=O)cccc2[nH]1. The molecular weight excluding hydrogens is 330 g/mol. The van der Waals surface area contributed by atoms with Gasteiger partial charge in [-0.25, -0.2) is 9.78 Å². The topological polar surface area (TPSA) is 96.3 Å². The predicted octanol–water partition coefficient (Wildman–Crippen LogP) is 2.41. The summed E-state index contributed by atoms with van der Waals surface area (Å²) in [7, 11) is 0. The highest BCUT2D eigenvalue weighted by Crippen LogP contribution is 2.30. The van der Waals surface area contributed by atoms with Gasteiger partial charge in [-0.2, -0.15) is 0 Å². The summed E-state index contributed by atoms with van der Waals surface area (Å²) in [5.41, 5.74) is 9.90. The van der Waals surface area contributed by atoms with E-state index in [4.69, 9.17) is 10.5 Å². The van der Waals surface area contributed by atoms with Crippen LogP contribution in [-0.2, 0) is 0 Å². The predicted molar refractivity (Wildman–Crippen MR) is 102 cm³/mol. The highest BCUT2D eigenvalue weighted by Gasteiger charge is 2.15.